The molecule has 128 valence electrons. The zero-order chi connectivity index (χ0) is 17.9. The highest BCUT2D eigenvalue weighted by Gasteiger charge is 2.13. The fourth-order valence-electron chi connectivity index (χ4n) is 2.48. The minimum absolute atomic E-state index is 0.0581. The number of aryl methyl sites for hydroxylation is 4. The first kappa shape index (κ1) is 17.7. The van der Waals surface area contributed by atoms with E-state index in [2.05, 4.69) is 15.7 Å². The predicted molar refractivity (Wildman–Crippen MR) is 93.9 cm³/mol. The second kappa shape index (κ2) is 7.29. The van der Waals surface area contributed by atoms with Gasteiger partial charge in [0, 0.05) is 7.05 Å². The quantitative estimate of drug-likeness (QED) is 0.881. The van der Waals surface area contributed by atoms with E-state index >= 15 is 0 Å². The molecular weight excluding hydrogens is 304 g/mol. The molecule has 0 saturated heterocycles. The largest absolute Gasteiger partial charge is 0.347 e. The van der Waals surface area contributed by atoms with Gasteiger partial charge in [0.05, 0.1) is 30.0 Å². The van der Waals surface area contributed by atoms with Crippen LogP contribution in [0.25, 0.3) is 0 Å². The molecule has 2 rings (SSSR count). The number of hydrogen-bond acceptors (Lipinski definition) is 3. The molecule has 0 saturated carbocycles. The second-order valence-electron chi connectivity index (χ2n) is 6.09. The molecule has 24 heavy (non-hydrogen) atoms. The molecule has 0 fully saturated rings. The number of carbonyl (C=O) groups excluding carboxylic acids is 2. The van der Waals surface area contributed by atoms with E-state index in [1.807, 2.05) is 52.9 Å². The summed E-state index contributed by atoms with van der Waals surface area (Å²) >= 11 is 0. The molecule has 0 radical (unpaired) electrons. The molecule has 0 unspecified atom stereocenters. The Morgan fingerprint density at radius 2 is 1.79 bits per heavy atom. The number of rotatable bonds is 5. The summed E-state index contributed by atoms with van der Waals surface area (Å²) in [5.41, 5.74) is 5.62. The van der Waals surface area contributed by atoms with E-state index in [9.17, 15) is 9.59 Å². The number of aromatic nitrogens is 2. The molecule has 1 aromatic carbocycles. The van der Waals surface area contributed by atoms with Gasteiger partial charge in [-0.2, -0.15) is 5.10 Å². The Morgan fingerprint density at radius 1 is 1.08 bits per heavy atom. The Balaban J connectivity index is 1.87. The summed E-state index contributed by atoms with van der Waals surface area (Å²) in [5, 5.41) is 9.70. The summed E-state index contributed by atoms with van der Waals surface area (Å²) in [6.45, 7) is 7.71. The summed E-state index contributed by atoms with van der Waals surface area (Å²) in [5.74, 6) is -0.435. The van der Waals surface area contributed by atoms with E-state index in [1.165, 1.54) is 5.56 Å². The van der Waals surface area contributed by atoms with Gasteiger partial charge < -0.3 is 10.6 Å². The summed E-state index contributed by atoms with van der Waals surface area (Å²) in [6, 6.07) is 5.93. The van der Waals surface area contributed by atoms with Crippen LogP contribution in [0, 0.1) is 27.7 Å². The molecule has 0 bridgehead atoms. The average Bonchev–Trinajstić information content (AvgIpc) is 2.75. The van der Waals surface area contributed by atoms with E-state index in [1.54, 1.807) is 4.68 Å². The van der Waals surface area contributed by atoms with E-state index in [0.29, 0.717) is 5.69 Å². The summed E-state index contributed by atoms with van der Waals surface area (Å²) in [6.07, 6.45) is 0.263. The van der Waals surface area contributed by atoms with Crippen molar-refractivity contribution in [3.8, 4) is 0 Å². The third kappa shape index (κ3) is 4.22. The van der Waals surface area contributed by atoms with Gasteiger partial charge in [-0.15, -0.1) is 0 Å². The van der Waals surface area contributed by atoms with Crippen LogP contribution >= 0.6 is 0 Å². The number of carbonyl (C=O) groups is 2. The number of nitrogens with zero attached hydrogens (tertiary/aromatic N) is 2. The fourth-order valence-corrected chi connectivity index (χ4v) is 2.48. The molecule has 1 aromatic heterocycles. The lowest BCUT2D eigenvalue weighted by atomic mass is 10.0. The summed E-state index contributed by atoms with van der Waals surface area (Å²) in [4.78, 5) is 24.0. The molecule has 0 aliphatic rings. The van der Waals surface area contributed by atoms with Crippen molar-refractivity contribution >= 4 is 17.5 Å². The topological polar surface area (TPSA) is 76.0 Å². The van der Waals surface area contributed by atoms with Crippen molar-refractivity contribution in [2.75, 3.05) is 11.9 Å². The van der Waals surface area contributed by atoms with Crippen LogP contribution in [0.1, 0.15) is 28.1 Å². The van der Waals surface area contributed by atoms with E-state index in [0.717, 1.165) is 22.5 Å². The SMILES string of the molecule is Cc1ccc(CC(=O)NCC(=O)Nc2c(C)nn(C)c2C)cc1C. The molecule has 0 spiro atoms. The van der Waals surface area contributed by atoms with Gasteiger partial charge in [-0.1, -0.05) is 18.2 Å². The zero-order valence-corrected chi connectivity index (χ0v) is 14.9. The highest BCUT2D eigenvalue weighted by atomic mass is 16.2. The van der Waals surface area contributed by atoms with Crippen molar-refractivity contribution in [2.45, 2.75) is 34.1 Å². The molecule has 1 heterocycles. The van der Waals surface area contributed by atoms with Crippen molar-refractivity contribution in [1.82, 2.24) is 15.1 Å². The standard InChI is InChI=1S/C18H24N4O2/c1-11-6-7-15(8-12(11)2)9-16(23)19-10-17(24)20-18-13(3)21-22(5)14(18)4/h6-8H,9-10H2,1-5H3,(H,19,23)(H,20,24). The number of nitrogens with one attached hydrogen (secondary N) is 2. The van der Waals surface area contributed by atoms with E-state index in [-0.39, 0.29) is 24.8 Å². The molecule has 2 N–H and O–H groups in total. The van der Waals surface area contributed by atoms with Crippen molar-refractivity contribution in [3.63, 3.8) is 0 Å². The van der Waals surface area contributed by atoms with Gasteiger partial charge in [0.2, 0.25) is 11.8 Å². The normalized spacial score (nSPS) is 10.5. The first-order valence-electron chi connectivity index (χ1n) is 7.90. The van der Waals surface area contributed by atoms with Gasteiger partial charge in [-0.3, -0.25) is 14.3 Å². The third-order valence-electron chi connectivity index (χ3n) is 4.16. The van der Waals surface area contributed by atoms with Crippen LogP contribution in [-0.2, 0) is 23.1 Å². The van der Waals surface area contributed by atoms with Crippen molar-refractivity contribution in [1.29, 1.82) is 0 Å². The van der Waals surface area contributed by atoms with Crippen molar-refractivity contribution in [2.24, 2.45) is 7.05 Å². The monoisotopic (exact) mass is 328 g/mol. The second-order valence-corrected chi connectivity index (χ2v) is 6.09. The smallest absolute Gasteiger partial charge is 0.243 e. The first-order chi connectivity index (χ1) is 11.3. The minimum atomic E-state index is -0.261. The predicted octanol–water partition coefficient (Wildman–Crippen LogP) is 1.95. The first-order valence-corrected chi connectivity index (χ1v) is 7.90. The maximum Gasteiger partial charge on any atom is 0.243 e. The Morgan fingerprint density at radius 3 is 2.38 bits per heavy atom. The number of anilines is 1. The lowest BCUT2D eigenvalue weighted by Gasteiger charge is -2.08. The van der Waals surface area contributed by atoms with E-state index in [4.69, 9.17) is 0 Å². The lowest BCUT2D eigenvalue weighted by Crippen LogP contribution is -2.34. The van der Waals surface area contributed by atoms with Crippen LogP contribution in [0.2, 0.25) is 0 Å². The molecule has 6 heteroatoms. The summed E-state index contributed by atoms with van der Waals surface area (Å²) in [7, 11) is 1.82. The van der Waals surface area contributed by atoms with Crippen LogP contribution in [0.5, 0.6) is 0 Å². The zero-order valence-electron chi connectivity index (χ0n) is 14.9. The molecule has 2 aromatic rings. The molecule has 6 nitrogen and oxygen atoms in total. The van der Waals surface area contributed by atoms with Crippen LogP contribution in [0.4, 0.5) is 5.69 Å². The van der Waals surface area contributed by atoms with E-state index < -0.39 is 0 Å². The van der Waals surface area contributed by atoms with Crippen molar-refractivity contribution < 1.29 is 9.59 Å². The lowest BCUT2D eigenvalue weighted by molar-refractivity contribution is -0.123. The molecule has 0 aliphatic heterocycles. The molecule has 0 atom stereocenters. The Kier molecular flexibility index (Phi) is 5.39. The Bertz CT molecular complexity index is 778. The Labute approximate surface area is 142 Å². The van der Waals surface area contributed by atoms with Crippen LogP contribution in [0.3, 0.4) is 0 Å². The van der Waals surface area contributed by atoms with Gasteiger partial charge in [-0.05, 0) is 44.4 Å². The molecule has 2 amide bonds. The number of hydrogen-bond donors (Lipinski definition) is 2. The van der Waals surface area contributed by atoms with Gasteiger partial charge in [-0.25, -0.2) is 0 Å². The van der Waals surface area contributed by atoms with Gasteiger partial charge in [0.1, 0.15) is 0 Å². The van der Waals surface area contributed by atoms with Crippen molar-refractivity contribution in [3.05, 3.63) is 46.3 Å². The number of amides is 2. The highest BCUT2D eigenvalue weighted by Crippen LogP contribution is 2.17. The summed E-state index contributed by atoms with van der Waals surface area (Å²) < 4.78 is 1.71. The van der Waals surface area contributed by atoms with Gasteiger partial charge in [0.15, 0.2) is 0 Å². The minimum Gasteiger partial charge on any atom is -0.347 e. The van der Waals surface area contributed by atoms with Gasteiger partial charge >= 0.3 is 0 Å². The average molecular weight is 328 g/mol. The molecule has 0 aliphatic carbocycles. The molecular formula is C18H24N4O2. The Hall–Kier alpha value is -2.63. The maximum absolute atomic E-state index is 12.0. The maximum atomic E-state index is 12.0. The van der Waals surface area contributed by atoms with Gasteiger partial charge in [0.25, 0.3) is 0 Å². The van der Waals surface area contributed by atoms with Crippen LogP contribution in [0.15, 0.2) is 18.2 Å². The number of benzene rings is 1. The van der Waals surface area contributed by atoms with Crippen LogP contribution in [-0.4, -0.2) is 28.1 Å². The fraction of sp³-hybridized carbons (Fsp3) is 0.389. The highest BCUT2D eigenvalue weighted by molar-refractivity contribution is 5.95. The third-order valence-corrected chi connectivity index (χ3v) is 4.16. The van der Waals surface area contributed by atoms with Crippen LogP contribution < -0.4 is 10.6 Å².